The van der Waals surface area contributed by atoms with Crippen LogP contribution in [0.4, 0.5) is 5.82 Å². The SMILES string of the molecule is CCc1cc(NCc2ccccn2)nc(-c2ccc(Br)cc2)n1. The third-order valence-corrected chi connectivity index (χ3v) is 3.95. The summed E-state index contributed by atoms with van der Waals surface area (Å²) in [6, 6.07) is 15.9. The van der Waals surface area contributed by atoms with Crippen LogP contribution < -0.4 is 5.32 Å². The molecule has 0 unspecified atom stereocenters. The van der Waals surface area contributed by atoms with Crippen LogP contribution in [-0.2, 0) is 13.0 Å². The first-order valence-corrected chi connectivity index (χ1v) is 8.31. The molecule has 4 nitrogen and oxygen atoms in total. The first kappa shape index (κ1) is 15.6. The lowest BCUT2D eigenvalue weighted by Gasteiger charge is -2.09. The maximum Gasteiger partial charge on any atom is 0.161 e. The molecule has 0 amide bonds. The summed E-state index contributed by atoms with van der Waals surface area (Å²) < 4.78 is 1.04. The maximum absolute atomic E-state index is 4.63. The highest BCUT2D eigenvalue weighted by Crippen LogP contribution is 2.21. The highest BCUT2D eigenvalue weighted by atomic mass is 79.9. The van der Waals surface area contributed by atoms with Gasteiger partial charge in [-0.2, -0.15) is 0 Å². The maximum atomic E-state index is 4.63. The molecule has 2 heterocycles. The minimum atomic E-state index is 0.640. The predicted molar refractivity (Wildman–Crippen MR) is 96.1 cm³/mol. The summed E-state index contributed by atoms with van der Waals surface area (Å²) in [7, 11) is 0. The Labute approximate surface area is 144 Å². The van der Waals surface area contributed by atoms with Gasteiger partial charge < -0.3 is 5.32 Å². The molecule has 1 N–H and O–H groups in total. The molecule has 0 saturated carbocycles. The van der Waals surface area contributed by atoms with Crippen molar-refractivity contribution >= 4 is 21.7 Å². The van der Waals surface area contributed by atoms with Crippen LogP contribution in [0.2, 0.25) is 0 Å². The average molecular weight is 369 g/mol. The van der Waals surface area contributed by atoms with E-state index in [4.69, 9.17) is 0 Å². The third-order valence-electron chi connectivity index (χ3n) is 3.42. The summed E-state index contributed by atoms with van der Waals surface area (Å²) >= 11 is 3.45. The molecule has 0 spiro atoms. The molecule has 0 aliphatic rings. The van der Waals surface area contributed by atoms with Crippen molar-refractivity contribution in [2.24, 2.45) is 0 Å². The monoisotopic (exact) mass is 368 g/mol. The molecule has 5 heteroatoms. The van der Waals surface area contributed by atoms with Crippen molar-refractivity contribution in [3.8, 4) is 11.4 Å². The first-order valence-electron chi connectivity index (χ1n) is 7.52. The standard InChI is InChI=1S/C18H17BrN4/c1-2-15-11-17(21-12-16-5-3-4-10-20-16)23-18(22-15)13-6-8-14(19)9-7-13/h3-11H,2,12H2,1H3,(H,21,22,23). The van der Waals surface area contributed by atoms with Gasteiger partial charge in [-0.05, 0) is 30.7 Å². The summed E-state index contributed by atoms with van der Waals surface area (Å²) in [6.07, 6.45) is 2.66. The molecule has 0 fully saturated rings. The molecule has 3 aromatic rings. The molecule has 0 atom stereocenters. The fourth-order valence-corrected chi connectivity index (χ4v) is 2.45. The topological polar surface area (TPSA) is 50.7 Å². The van der Waals surface area contributed by atoms with Gasteiger partial charge in [0.15, 0.2) is 5.82 Å². The first-order chi connectivity index (χ1) is 11.2. The van der Waals surface area contributed by atoms with E-state index in [2.05, 4.69) is 43.1 Å². The van der Waals surface area contributed by atoms with E-state index in [0.717, 1.165) is 39.5 Å². The van der Waals surface area contributed by atoms with Gasteiger partial charge in [0.1, 0.15) is 5.82 Å². The van der Waals surface area contributed by atoms with E-state index < -0.39 is 0 Å². The van der Waals surface area contributed by atoms with Crippen LogP contribution in [0.25, 0.3) is 11.4 Å². The molecule has 23 heavy (non-hydrogen) atoms. The molecular formula is C18H17BrN4. The zero-order valence-electron chi connectivity index (χ0n) is 12.8. The second kappa shape index (κ2) is 7.33. The number of benzene rings is 1. The van der Waals surface area contributed by atoms with Gasteiger partial charge in [0, 0.05) is 28.0 Å². The van der Waals surface area contributed by atoms with Crippen molar-refractivity contribution in [1.82, 2.24) is 15.0 Å². The van der Waals surface area contributed by atoms with Gasteiger partial charge in [-0.15, -0.1) is 0 Å². The summed E-state index contributed by atoms with van der Waals surface area (Å²) in [5, 5.41) is 3.33. The molecule has 0 bridgehead atoms. The predicted octanol–water partition coefficient (Wildman–Crippen LogP) is 4.48. The Bertz CT molecular complexity index is 773. The Morgan fingerprint density at radius 3 is 2.52 bits per heavy atom. The molecule has 0 saturated heterocycles. The average Bonchev–Trinajstić information content (AvgIpc) is 2.61. The Balaban J connectivity index is 1.85. The lowest BCUT2D eigenvalue weighted by molar-refractivity contribution is 0.980. The number of aromatic nitrogens is 3. The number of pyridine rings is 1. The van der Waals surface area contributed by atoms with E-state index in [1.54, 1.807) is 6.20 Å². The van der Waals surface area contributed by atoms with Crippen molar-refractivity contribution in [2.75, 3.05) is 5.32 Å². The van der Waals surface area contributed by atoms with Gasteiger partial charge >= 0.3 is 0 Å². The smallest absolute Gasteiger partial charge is 0.161 e. The van der Waals surface area contributed by atoms with Gasteiger partial charge in [-0.3, -0.25) is 4.98 Å². The Hall–Kier alpha value is -2.27. The number of halogens is 1. The largest absolute Gasteiger partial charge is 0.364 e. The van der Waals surface area contributed by atoms with Gasteiger partial charge in [0.2, 0.25) is 0 Å². The highest BCUT2D eigenvalue weighted by Gasteiger charge is 2.06. The number of rotatable bonds is 5. The quantitative estimate of drug-likeness (QED) is 0.721. The van der Waals surface area contributed by atoms with Crippen molar-refractivity contribution in [2.45, 2.75) is 19.9 Å². The molecule has 0 radical (unpaired) electrons. The van der Waals surface area contributed by atoms with Crippen LogP contribution in [0.1, 0.15) is 18.3 Å². The molecular weight excluding hydrogens is 352 g/mol. The van der Waals surface area contributed by atoms with Gasteiger partial charge in [-0.1, -0.05) is 41.1 Å². The lowest BCUT2D eigenvalue weighted by atomic mass is 10.2. The minimum absolute atomic E-state index is 0.640. The lowest BCUT2D eigenvalue weighted by Crippen LogP contribution is -2.05. The van der Waals surface area contributed by atoms with Crippen LogP contribution in [0.3, 0.4) is 0 Å². The molecule has 0 aliphatic heterocycles. The number of hydrogen-bond donors (Lipinski definition) is 1. The molecule has 3 rings (SSSR count). The fraction of sp³-hybridized carbons (Fsp3) is 0.167. The molecule has 2 aromatic heterocycles. The van der Waals surface area contributed by atoms with Gasteiger partial charge in [0.25, 0.3) is 0 Å². The summed E-state index contributed by atoms with van der Waals surface area (Å²) in [5.74, 6) is 1.56. The van der Waals surface area contributed by atoms with Crippen LogP contribution >= 0.6 is 15.9 Å². The van der Waals surface area contributed by atoms with Crippen molar-refractivity contribution in [3.05, 3.63) is 70.6 Å². The van der Waals surface area contributed by atoms with Crippen LogP contribution in [0.5, 0.6) is 0 Å². The Morgan fingerprint density at radius 1 is 1.00 bits per heavy atom. The molecule has 0 aliphatic carbocycles. The highest BCUT2D eigenvalue weighted by molar-refractivity contribution is 9.10. The number of nitrogens with one attached hydrogen (secondary N) is 1. The number of nitrogens with zero attached hydrogens (tertiary/aromatic N) is 3. The number of anilines is 1. The van der Waals surface area contributed by atoms with E-state index in [0.29, 0.717) is 6.54 Å². The van der Waals surface area contributed by atoms with E-state index in [9.17, 15) is 0 Å². The van der Waals surface area contributed by atoms with Crippen molar-refractivity contribution in [1.29, 1.82) is 0 Å². The van der Waals surface area contributed by atoms with E-state index in [-0.39, 0.29) is 0 Å². The zero-order valence-corrected chi connectivity index (χ0v) is 14.4. The van der Waals surface area contributed by atoms with E-state index >= 15 is 0 Å². The van der Waals surface area contributed by atoms with Crippen molar-refractivity contribution < 1.29 is 0 Å². The van der Waals surface area contributed by atoms with Crippen molar-refractivity contribution in [3.63, 3.8) is 0 Å². The number of hydrogen-bond acceptors (Lipinski definition) is 4. The summed E-state index contributed by atoms with van der Waals surface area (Å²) in [4.78, 5) is 13.6. The normalized spacial score (nSPS) is 10.5. The van der Waals surface area contributed by atoms with E-state index in [1.165, 1.54) is 0 Å². The van der Waals surface area contributed by atoms with Gasteiger partial charge in [-0.25, -0.2) is 9.97 Å². The fourth-order valence-electron chi connectivity index (χ4n) is 2.18. The van der Waals surface area contributed by atoms with Crippen LogP contribution in [-0.4, -0.2) is 15.0 Å². The minimum Gasteiger partial charge on any atom is -0.364 e. The zero-order chi connectivity index (χ0) is 16.1. The summed E-state index contributed by atoms with van der Waals surface area (Å²) in [6.45, 7) is 2.73. The Kier molecular flexibility index (Phi) is 4.98. The van der Waals surface area contributed by atoms with Crippen LogP contribution in [0, 0.1) is 0 Å². The second-order valence-corrected chi connectivity index (χ2v) is 6.02. The third kappa shape index (κ3) is 4.13. The molecule has 116 valence electrons. The molecule has 1 aromatic carbocycles. The second-order valence-electron chi connectivity index (χ2n) is 5.10. The Morgan fingerprint density at radius 2 is 1.83 bits per heavy atom. The number of aryl methyl sites for hydroxylation is 1. The van der Waals surface area contributed by atoms with Gasteiger partial charge in [0.05, 0.1) is 12.2 Å². The van der Waals surface area contributed by atoms with E-state index in [1.807, 2.05) is 48.5 Å². The van der Waals surface area contributed by atoms with Crippen LogP contribution in [0.15, 0.2) is 59.2 Å². The summed E-state index contributed by atoms with van der Waals surface area (Å²) in [5.41, 5.74) is 3.00.